The number of hydrogen-bond acceptors (Lipinski definition) is 9. The SMILES string of the molecule is CC(C)OC1=CC(Cl)C(C(O)NC(=O)NC2NC3=C(CC(S(=O)C4CCN(C)CC4)CC3)S2)CC1N1CCCN1. The molecule has 0 saturated carbocycles. The monoisotopic (exact) mass is 616 g/mol. The van der Waals surface area contributed by atoms with E-state index in [2.05, 4.69) is 38.3 Å². The van der Waals surface area contributed by atoms with Crippen molar-refractivity contribution in [3.8, 4) is 0 Å². The highest BCUT2D eigenvalue weighted by atomic mass is 35.5. The van der Waals surface area contributed by atoms with E-state index in [-0.39, 0.29) is 34.1 Å². The van der Waals surface area contributed by atoms with Crippen LogP contribution in [0.1, 0.15) is 58.8 Å². The van der Waals surface area contributed by atoms with Crippen LogP contribution in [0.2, 0.25) is 0 Å². The summed E-state index contributed by atoms with van der Waals surface area (Å²) < 4.78 is 19.4. The number of nitrogens with one attached hydrogen (secondary N) is 4. The number of hydrogen-bond donors (Lipinski definition) is 5. The summed E-state index contributed by atoms with van der Waals surface area (Å²) >= 11 is 8.27. The Hall–Kier alpha value is -1.02. The van der Waals surface area contributed by atoms with Crippen molar-refractivity contribution < 1.29 is 18.8 Å². The normalized spacial score (nSPS) is 33.8. The van der Waals surface area contributed by atoms with Gasteiger partial charge in [0.25, 0.3) is 0 Å². The van der Waals surface area contributed by atoms with Crippen molar-refractivity contribution in [1.82, 2.24) is 31.3 Å². The van der Waals surface area contributed by atoms with Gasteiger partial charge in [-0.1, -0.05) is 11.8 Å². The summed E-state index contributed by atoms with van der Waals surface area (Å²) in [6, 6.07) is -0.503. The van der Waals surface area contributed by atoms with Gasteiger partial charge in [0.05, 0.1) is 17.5 Å². The Balaban J connectivity index is 1.11. The molecular weight excluding hydrogens is 572 g/mol. The van der Waals surface area contributed by atoms with E-state index in [0.29, 0.717) is 6.42 Å². The van der Waals surface area contributed by atoms with E-state index in [1.165, 1.54) is 4.91 Å². The maximum absolute atomic E-state index is 13.3. The molecule has 2 fully saturated rings. The Kier molecular flexibility index (Phi) is 10.3. The van der Waals surface area contributed by atoms with Crippen molar-refractivity contribution in [3.63, 3.8) is 0 Å². The third kappa shape index (κ3) is 7.30. The van der Waals surface area contributed by atoms with Crippen LogP contribution in [0.5, 0.6) is 0 Å². The maximum atomic E-state index is 13.3. The maximum Gasteiger partial charge on any atom is 0.319 e. The number of likely N-dealkylation sites (tertiary alicyclic amines) is 1. The number of aliphatic hydroxyl groups excluding tert-OH is 1. The molecule has 0 aromatic rings. The number of urea groups is 1. The van der Waals surface area contributed by atoms with Gasteiger partial charge in [0.1, 0.15) is 12.0 Å². The molecule has 2 amide bonds. The largest absolute Gasteiger partial charge is 0.494 e. The lowest BCUT2D eigenvalue weighted by atomic mass is 9.87. The molecule has 10 nitrogen and oxygen atoms in total. The number of rotatable bonds is 8. The van der Waals surface area contributed by atoms with Crippen LogP contribution in [0.4, 0.5) is 4.79 Å². The standard InChI is InChI=1S/C27H45ClN6O4S2/c1-16(2)38-23-15-20(28)19(14-22(23)34-10-4-9-29-34)25(35)31-26(36)32-27-30-21-6-5-18(13-24(21)39-27)40(37)17-7-11-33(3)12-8-17/h15-20,22,25,27,29-30,35H,4-14H2,1-3H3,(H2,31,32,36). The van der Waals surface area contributed by atoms with Gasteiger partial charge in [-0.15, -0.1) is 11.6 Å². The summed E-state index contributed by atoms with van der Waals surface area (Å²) in [4.78, 5) is 16.4. The summed E-state index contributed by atoms with van der Waals surface area (Å²) in [5.74, 6) is 0.445. The molecule has 5 aliphatic rings. The smallest absolute Gasteiger partial charge is 0.319 e. The molecule has 3 aliphatic heterocycles. The number of aliphatic hydroxyl groups is 1. The Morgan fingerprint density at radius 1 is 1.25 bits per heavy atom. The molecular formula is C27H45ClN6O4S2. The number of carbonyl (C=O) groups excluding carboxylic acids is 1. The van der Waals surface area contributed by atoms with E-state index in [4.69, 9.17) is 16.3 Å². The van der Waals surface area contributed by atoms with Crippen LogP contribution < -0.4 is 21.4 Å². The Labute approximate surface area is 249 Å². The van der Waals surface area contributed by atoms with Gasteiger partial charge in [-0.25, -0.2) is 9.80 Å². The fraction of sp³-hybridized carbons (Fsp3) is 0.815. The minimum absolute atomic E-state index is 0.0194. The molecule has 226 valence electrons. The predicted molar refractivity (Wildman–Crippen MR) is 161 cm³/mol. The number of thioether (sulfide) groups is 1. The van der Waals surface area contributed by atoms with Gasteiger partial charge >= 0.3 is 6.03 Å². The van der Waals surface area contributed by atoms with E-state index >= 15 is 0 Å². The van der Waals surface area contributed by atoms with Gasteiger partial charge in [0.2, 0.25) is 0 Å². The van der Waals surface area contributed by atoms with Gasteiger partial charge in [-0.2, -0.15) is 0 Å². The van der Waals surface area contributed by atoms with Gasteiger partial charge in [0.15, 0.2) is 5.50 Å². The minimum Gasteiger partial charge on any atom is -0.494 e. The number of halogens is 1. The zero-order chi connectivity index (χ0) is 28.4. The van der Waals surface area contributed by atoms with E-state index in [9.17, 15) is 14.1 Å². The van der Waals surface area contributed by atoms with Crippen LogP contribution in [0.15, 0.2) is 22.4 Å². The quantitative estimate of drug-likeness (QED) is 0.207. The molecule has 5 rings (SSSR count). The number of ether oxygens (including phenoxy) is 1. The highest BCUT2D eigenvalue weighted by Gasteiger charge is 2.41. The summed E-state index contributed by atoms with van der Waals surface area (Å²) in [5.41, 5.74) is 4.22. The molecule has 13 heteroatoms. The van der Waals surface area contributed by atoms with Crippen molar-refractivity contribution in [2.45, 2.75) is 98.5 Å². The van der Waals surface area contributed by atoms with Crippen molar-refractivity contribution in [2.24, 2.45) is 5.92 Å². The van der Waals surface area contributed by atoms with E-state index in [0.717, 1.165) is 76.2 Å². The van der Waals surface area contributed by atoms with Crippen molar-refractivity contribution in [1.29, 1.82) is 0 Å². The summed E-state index contributed by atoms with van der Waals surface area (Å²) in [5, 5.41) is 22.2. The number of allylic oxidation sites excluding steroid dienone is 3. The second kappa shape index (κ2) is 13.5. The molecule has 0 bridgehead atoms. The molecule has 7 atom stereocenters. The molecule has 2 aliphatic carbocycles. The second-order valence-electron chi connectivity index (χ2n) is 11.9. The molecule has 0 aromatic carbocycles. The van der Waals surface area contributed by atoms with Crippen molar-refractivity contribution >= 4 is 40.2 Å². The first-order chi connectivity index (χ1) is 19.2. The van der Waals surface area contributed by atoms with E-state index in [1.807, 2.05) is 19.9 Å². The van der Waals surface area contributed by atoms with Crippen LogP contribution in [0.3, 0.4) is 0 Å². The van der Waals surface area contributed by atoms with E-state index in [1.54, 1.807) is 11.8 Å². The van der Waals surface area contributed by atoms with Gasteiger partial charge in [0, 0.05) is 50.9 Å². The first-order valence-corrected chi connectivity index (χ1v) is 17.3. The summed E-state index contributed by atoms with van der Waals surface area (Å²) in [6.45, 7) is 7.81. The lowest BCUT2D eigenvalue weighted by Crippen LogP contribution is -2.54. The van der Waals surface area contributed by atoms with Gasteiger partial charge in [-0.05, 0) is 85.0 Å². The Bertz CT molecular complexity index is 1000. The van der Waals surface area contributed by atoms with Crippen molar-refractivity contribution in [3.05, 3.63) is 22.4 Å². The zero-order valence-electron chi connectivity index (χ0n) is 23.7. The average molecular weight is 617 g/mol. The zero-order valence-corrected chi connectivity index (χ0v) is 26.1. The fourth-order valence-electron chi connectivity index (χ4n) is 6.32. The van der Waals surface area contributed by atoms with Gasteiger partial charge < -0.3 is 30.7 Å². The minimum atomic E-state index is -1.11. The molecule has 40 heavy (non-hydrogen) atoms. The number of carbonyl (C=O) groups is 1. The molecule has 0 aromatic heterocycles. The molecule has 0 spiro atoms. The molecule has 2 saturated heterocycles. The number of piperidine rings is 1. The lowest BCUT2D eigenvalue weighted by molar-refractivity contribution is 0.0248. The Morgan fingerprint density at radius 2 is 2.02 bits per heavy atom. The molecule has 0 radical (unpaired) electrons. The third-order valence-corrected chi connectivity index (χ3v) is 12.3. The van der Waals surface area contributed by atoms with Crippen LogP contribution >= 0.6 is 23.4 Å². The highest BCUT2D eigenvalue weighted by molar-refractivity contribution is 8.03. The number of nitrogens with zero attached hydrogens (tertiary/aromatic N) is 2. The van der Waals surface area contributed by atoms with Crippen LogP contribution in [-0.2, 0) is 15.5 Å². The first kappa shape index (κ1) is 30.4. The summed E-state index contributed by atoms with van der Waals surface area (Å²) in [6.07, 6.45) is 6.95. The molecule has 3 heterocycles. The Morgan fingerprint density at radius 3 is 2.73 bits per heavy atom. The number of hydrazine groups is 1. The van der Waals surface area contributed by atoms with Crippen LogP contribution in [0.25, 0.3) is 0 Å². The third-order valence-electron chi connectivity index (χ3n) is 8.50. The van der Waals surface area contributed by atoms with Gasteiger partial charge in [-0.3, -0.25) is 9.63 Å². The first-order valence-electron chi connectivity index (χ1n) is 14.7. The topological polar surface area (TPSA) is 118 Å². The fourth-order valence-corrected chi connectivity index (χ4v) is 9.94. The van der Waals surface area contributed by atoms with E-state index < -0.39 is 28.4 Å². The summed E-state index contributed by atoms with van der Waals surface area (Å²) in [7, 11) is 1.29. The predicted octanol–water partition coefficient (Wildman–Crippen LogP) is 2.35. The van der Waals surface area contributed by atoms with Crippen molar-refractivity contribution in [2.75, 3.05) is 33.2 Å². The van der Waals surface area contributed by atoms with Crippen LogP contribution in [0, 0.1) is 5.92 Å². The molecule has 5 N–H and O–H groups in total. The number of amides is 2. The van der Waals surface area contributed by atoms with Crippen LogP contribution in [-0.4, -0.2) is 98.2 Å². The lowest BCUT2D eigenvalue weighted by Gasteiger charge is -2.39. The highest BCUT2D eigenvalue weighted by Crippen LogP contribution is 2.41. The second-order valence-corrected chi connectivity index (χ2v) is 15.5. The molecule has 7 unspecified atom stereocenters. The average Bonchev–Trinajstić information content (AvgIpc) is 3.57. The number of alkyl halides is 1.